The number of allylic oxidation sites excluding steroid dienone is 3. The molecular weight excluding hydrogens is 264 g/mol. The van der Waals surface area contributed by atoms with E-state index in [1.165, 1.54) is 33.4 Å². The third-order valence-electron chi connectivity index (χ3n) is 3.76. The first-order valence-corrected chi connectivity index (χ1v) is 7.39. The van der Waals surface area contributed by atoms with E-state index in [0.29, 0.717) is 0 Å². The maximum atomic E-state index is 9.05. The molecule has 1 N–H and O–H groups in total. The molecule has 2 aromatic carbocycles. The van der Waals surface area contributed by atoms with Gasteiger partial charge >= 0.3 is 0 Å². The van der Waals surface area contributed by atoms with Crippen LogP contribution >= 0.6 is 12.0 Å². The molecule has 20 heavy (non-hydrogen) atoms. The summed E-state index contributed by atoms with van der Waals surface area (Å²) >= 11 is 0.783. The van der Waals surface area contributed by atoms with Gasteiger partial charge < -0.3 is 4.55 Å². The molecule has 0 atom stereocenters. The van der Waals surface area contributed by atoms with Crippen LogP contribution in [0.25, 0.3) is 17.2 Å². The molecule has 1 nitrogen and oxygen atoms in total. The third kappa shape index (κ3) is 2.21. The highest BCUT2D eigenvalue weighted by atomic mass is 32.2. The fraction of sp³-hybridized carbons (Fsp3) is 0.111. The number of rotatable bonds is 2. The molecule has 0 amide bonds. The van der Waals surface area contributed by atoms with Crippen molar-refractivity contribution < 1.29 is 4.55 Å². The van der Waals surface area contributed by atoms with Gasteiger partial charge in [-0.2, -0.15) is 0 Å². The Bertz CT molecular complexity index is 708. The van der Waals surface area contributed by atoms with E-state index >= 15 is 0 Å². The SMILES string of the molecule is CC1=Cc2ccccc2/C1=C(/C)c1ccc(SO)cc1. The molecule has 0 fully saturated rings. The molecule has 0 aliphatic heterocycles. The second kappa shape index (κ2) is 5.31. The average molecular weight is 280 g/mol. The van der Waals surface area contributed by atoms with Gasteiger partial charge in [-0.25, -0.2) is 0 Å². The van der Waals surface area contributed by atoms with Crippen molar-refractivity contribution in [1.29, 1.82) is 0 Å². The molecular formula is C18H16OS. The molecule has 0 unspecified atom stereocenters. The largest absolute Gasteiger partial charge is 0.325 e. The Kier molecular flexibility index (Phi) is 3.51. The highest BCUT2D eigenvalue weighted by molar-refractivity contribution is 7.93. The summed E-state index contributed by atoms with van der Waals surface area (Å²) in [4.78, 5) is 0.866. The van der Waals surface area contributed by atoms with Gasteiger partial charge in [0.1, 0.15) is 0 Å². The summed E-state index contributed by atoms with van der Waals surface area (Å²) < 4.78 is 9.05. The Labute approximate surface area is 123 Å². The van der Waals surface area contributed by atoms with Gasteiger partial charge in [-0.15, -0.1) is 0 Å². The highest BCUT2D eigenvalue weighted by Gasteiger charge is 2.18. The first-order chi connectivity index (χ1) is 9.70. The van der Waals surface area contributed by atoms with E-state index in [-0.39, 0.29) is 0 Å². The van der Waals surface area contributed by atoms with Crippen molar-refractivity contribution in [2.75, 3.05) is 0 Å². The lowest BCUT2D eigenvalue weighted by Crippen LogP contribution is -1.89. The van der Waals surface area contributed by atoms with Crippen LogP contribution in [0.15, 0.2) is 59.0 Å². The predicted octanol–water partition coefficient (Wildman–Crippen LogP) is 5.60. The molecule has 0 radical (unpaired) electrons. The van der Waals surface area contributed by atoms with Crippen LogP contribution in [0, 0.1) is 0 Å². The molecule has 0 spiro atoms. The maximum absolute atomic E-state index is 9.05. The summed E-state index contributed by atoms with van der Waals surface area (Å²) in [5, 5.41) is 0. The molecule has 100 valence electrons. The van der Waals surface area contributed by atoms with Gasteiger partial charge in [0.05, 0.1) is 0 Å². The number of fused-ring (bicyclic) bond motifs is 1. The zero-order chi connectivity index (χ0) is 14.1. The Morgan fingerprint density at radius 3 is 2.40 bits per heavy atom. The standard InChI is InChI=1S/C18H16OS/c1-12-11-15-5-3-4-6-17(15)18(12)13(2)14-7-9-16(20-19)10-8-14/h3-11,19H,1-2H3/b18-13-. The van der Waals surface area contributed by atoms with Crippen LogP contribution in [0.2, 0.25) is 0 Å². The summed E-state index contributed by atoms with van der Waals surface area (Å²) in [7, 11) is 0. The highest BCUT2D eigenvalue weighted by Crippen LogP contribution is 2.40. The fourth-order valence-corrected chi connectivity index (χ4v) is 3.03. The van der Waals surface area contributed by atoms with Crippen LogP contribution in [0.5, 0.6) is 0 Å². The lowest BCUT2D eigenvalue weighted by atomic mass is 9.94. The molecule has 2 aromatic rings. The van der Waals surface area contributed by atoms with Crippen molar-refractivity contribution in [2.24, 2.45) is 0 Å². The summed E-state index contributed by atoms with van der Waals surface area (Å²) in [5.41, 5.74) is 7.71. The van der Waals surface area contributed by atoms with Crippen molar-refractivity contribution in [2.45, 2.75) is 18.7 Å². The predicted molar refractivity (Wildman–Crippen MR) is 87.5 cm³/mol. The van der Waals surface area contributed by atoms with Gasteiger partial charge in [-0.1, -0.05) is 42.5 Å². The Morgan fingerprint density at radius 2 is 1.70 bits per heavy atom. The van der Waals surface area contributed by atoms with Gasteiger partial charge in [0.25, 0.3) is 0 Å². The van der Waals surface area contributed by atoms with E-state index in [1.807, 2.05) is 12.1 Å². The average Bonchev–Trinajstić information content (AvgIpc) is 2.82. The third-order valence-corrected chi connectivity index (χ3v) is 4.25. The number of benzene rings is 2. The van der Waals surface area contributed by atoms with Crippen molar-refractivity contribution in [3.63, 3.8) is 0 Å². The second-order valence-corrected chi connectivity index (χ2v) is 5.68. The van der Waals surface area contributed by atoms with Crippen LogP contribution in [0.3, 0.4) is 0 Å². The molecule has 0 aromatic heterocycles. The summed E-state index contributed by atoms with van der Waals surface area (Å²) in [6.45, 7) is 4.33. The van der Waals surface area contributed by atoms with E-state index in [1.54, 1.807) is 0 Å². The Hall–Kier alpha value is -1.77. The Balaban J connectivity index is 2.11. The minimum absolute atomic E-state index is 0.783. The van der Waals surface area contributed by atoms with E-state index in [4.69, 9.17) is 4.55 Å². The van der Waals surface area contributed by atoms with Crippen LogP contribution in [0.4, 0.5) is 0 Å². The second-order valence-electron chi connectivity index (χ2n) is 5.03. The lowest BCUT2D eigenvalue weighted by molar-refractivity contribution is 0.664. The molecule has 0 saturated heterocycles. The van der Waals surface area contributed by atoms with Crippen LogP contribution in [-0.4, -0.2) is 4.55 Å². The van der Waals surface area contributed by atoms with Crippen LogP contribution in [0.1, 0.15) is 30.5 Å². The van der Waals surface area contributed by atoms with E-state index in [9.17, 15) is 0 Å². The summed E-state index contributed by atoms with van der Waals surface area (Å²) in [6, 6.07) is 16.5. The van der Waals surface area contributed by atoms with E-state index in [0.717, 1.165) is 16.9 Å². The van der Waals surface area contributed by atoms with Crippen LogP contribution < -0.4 is 0 Å². The molecule has 1 aliphatic carbocycles. The first kappa shape index (κ1) is 13.2. The van der Waals surface area contributed by atoms with Crippen molar-refractivity contribution in [1.82, 2.24) is 0 Å². The molecule has 2 heteroatoms. The van der Waals surface area contributed by atoms with Crippen molar-refractivity contribution in [3.8, 4) is 0 Å². The molecule has 3 rings (SSSR count). The smallest absolute Gasteiger partial charge is 0.0351 e. The van der Waals surface area contributed by atoms with Crippen LogP contribution in [-0.2, 0) is 0 Å². The molecule has 0 saturated carbocycles. The zero-order valence-corrected chi connectivity index (χ0v) is 12.4. The van der Waals surface area contributed by atoms with Crippen molar-refractivity contribution in [3.05, 3.63) is 70.8 Å². The van der Waals surface area contributed by atoms with Crippen molar-refractivity contribution >= 4 is 29.3 Å². The Morgan fingerprint density at radius 1 is 1.00 bits per heavy atom. The summed E-state index contributed by atoms with van der Waals surface area (Å²) in [6.07, 6.45) is 2.24. The first-order valence-electron chi connectivity index (χ1n) is 6.61. The normalized spacial score (nSPS) is 15.8. The quantitative estimate of drug-likeness (QED) is 0.723. The molecule has 0 heterocycles. The van der Waals surface area contributed by atoms with Gasteiger partial charge in [0, 0.05) is 16.9 Å². The van der Waals surface area contributed by atoms with E-state index < -0.39 is 0 Å². The monoisotopic (exact) mass is 280 g/mol. The van der Waals surface area contributed by atoms with E-state index in [2.05, 4.69) is 56.3 Å². The van der Waals surface area contributed by atoms with Gasteiger partial charge in [-0.3, -0.25) is 0 Å². The molecule has 1 aliphatic rings. The van der Waals surface area contributed by atoms with Gasteiger partial charge in [0.15, 0.2) is 0 Å². The minimum Gasteiger partial charge on any atom is -0.325 e. The number of hydrogen-bond acceptors (Lipinski definition) is 2. The minimum atomic E-state index is 0.783. The maximum Gasteiger partial charge on any atom is 0.0351 e. The number of hydrogen-bond donors (Lipinski definition) is 1. The zero-order valence-electron chi connectivity index (χ0n) is 11.6. The fourth-order valence-electron chi connectivity index (χ4n) is 2.78. The molecule has 0 bridgehead atoms. The summed E-state index contributed by atoms with van der Waals surface area (Å²) in [5.74, 6) is 0. The van der Waals surface area contributed by atoms with Gasteiger partial charge in [-0.05, 0) is 59.4 Å². The topological polar surface area (TPSA) is 20.2 Å². The lowest BCUT2D eigenvalue weighted by Gasteiger charge is -2.11. The van der Waals surface area contributed by atoms with Gasteiger partial charge in [0.2, 0.25) is 0 Å².